The van der Waals surface area contributed by atoms with E-state index in [4.69, 9.17) is 16.1 Å². The molecule has 0 radical (unpaired) electrons. The smallest absolute Gasteiger partial charge is 0.311 e. The maximum absolute atomic E-state index is 12.8. The lowest BCUT2D eigenvalue weighted by Crippen LogP contribution is -2.16. The van der Waals surface area contributed by atoms with Crippen LogP contribution in [0.3, 0.4) is 0 Å². The average Bonchev–Trinajstić information content (AvgIpc) is 3.06. The Hall–Kier alpha value is -3.39. The molecular weight excluding hydrogens is 386 g/mol. The van der Waals surface area contributed by atoms with Crippen LogP contribution in [-0.2, 0) is 0 Å². The van der Waals surface area contributed by atoms with E-state index in [1.54, 1.807) is 31.2 Å². The number of Topliss-reactive ketones (excluding diaryl/α,β-unsaturated/α-hetero) is 1. The average molecular weight is 402 g/mol. The number of phenols is 1. The summed E-state index contributed by atoms with van der Waals surface area (Å²) in [5, 5.41) is 28.1. The zero-order valence-corrected chi connectivity index (χ0v) is 15.5. The van der Waals surface area contributed by atoms with Crippen molar-refractivity contribution in [3.8, 4) is 5.75 Å². The predicted octanol–water partition coefficient (Wildman–Crippen LogP) is 4.68. The summed E-state index contributed by atoms with van der Waals surface area (Å²) in [4.78, 5) is 23.0. The highest BCUT2D eigenvalue weighted by Crippen LogP contribution is 2.30. The number of carbonyl (C=O) groups is 1. The number of anilines is 1. The van der Waals surface area contributed by atoms with Crippen molar-refractivity contribution in [3.05, 3.63) is 80.6 Å². The number of aromatic hydroxyl groups is 1. The Bertz CT molecular complexity index is 1030. The zero-order chi connectivity index (χ0) is 20.3. The van der Waals surface area contributed by atoms with Gasteiger partial charge >= 0.3 is 5.69 Å². The number of hydrogen-bond acceptors (Lipinski definition) is 7. The van der Waals surface area contributed by atoms with Crippen molar-refractivity contribution < 1.29 is 19.3 Å². The first-order valence-electron chi connectivity index (χ1n) is 8.29. The lowest BCUT2D eigenvalue weighted by molar-refractivity contribution is -0.385. The SMILES string of the molecule is Cc1cc(NC(CC(=O)c2ccc(O)c([N+](=O)[O-])c2)c2cccc(Cl)c2)no1. The summed E-state index contributed by atoms with van der Waals surface area (Å²) in [6.07, 6.45) is -0.0197. The topological polar surface area (TPSA) is 118 Å². The number of carbonyl (C=O) groups excluding carboxylic acids is 1. The van der Waals surface area contributed by atoms with E-state index in [1.165, 1.54) is 6.07 Å². The van der Waals surface area contributed by atoms with Gasteiger partial charge in [0.1, 0.15) is 5.76 Å². The van der Waals surface area contributed by atoms with E-state index >= 15 is 0 Å². The van der Waals surface area contributed by atoms with Crippen molar-refractivity contribution in [2.45, 2.75) is 19.4 Å². The molecule has 0 aliphatic rings. The van der Waals surface area contributed by atoms with Gasteiger partial charge in [0.2, 0.25) is 0 Å². The molecule has 28 heavy (non-hydrogen) atoms. The van der Waals surface area contributed by atoms with Gasteiger partial charge in [-0.15, -0.1) is 0 Å². The minimum absolute atomic E-state index is 0.0197. The molecule has 0 bridgehead atoms. The largest absolute Gasteiger partial charge is 0.502 e. The van der Waals surface area contributed by atoms with Crippen LogP contribution < -0.4 is 5.32 Å². The number of rotatable bonds is 7. The minimum Gasteiger partial charge on any atom is -0.502 e. The molecule has 9 heteroatoms. The molecule has 144 valence electrons. The van der Waals surface area contributed by atoms with Crippen LogP contribution in [0, 0.1) is 17.0 Å². The van der Waals surface area contributed by atoms with E-state index in [9.17, 15) is 20.0 Å². The van der Waals surface area contributed by atoms with E-state index in [0.29, 0.717) is 16.6 Å². The monoisotopic (exact) mass is 401 g/mol. The molecule has 8 nitrogen and oxygen atoms in total. The molecule has 0 amide bonds. The number of benzene rings is 2. The Morgan fingerprint density at radius 1 is 1.32 bits per heavy atom. The molecule has 1 heterocycles. The van der Waals surface area contributed by atoms with E-state index in [-0.39, 0.29) is 17.8 Å². The Labute approximate surface area is 164 Å². The first-order valence-corrected chi connectivity index (χ1v) is 8.67. The molecule has 0 saturated carbocycles. The first kappa shape index (κ1) is 19.4. The first-order chi connectivity index (χ1) is 13.3. The van der Waals surface area contributed by atoms with Crippen LogP contribution in [0.25, 0.3) is 0 Å². The molecule has 2 aromatic carbocycles. The summed E-state index contributed by atoms with van der Waals surface area (Å²) in [6.45, 7) is 1.74. The van der Waals surface area contributed by atoms with Gasteiger partial charge in [-0.25, -0.2) is 0 Å². The number of nitro groups is 1. The van der Waals surface area contributed by atoms with E-state index < -0.39 is 22.4 Å². The van der Waals surface area contributed by atoms with Crippen molar-refractivity contribution in [2.24, 2.45) is 0 Å². The standard InChI is InChI=1S/C19H16ClN3O5/c1-11-7-19(22-28-11)21-15(12-3-2-4-14(20)8-12)10-18(25)13-5-6-17(24)16(9-13)23(26)27/h2-9,15,24H,10H2,1H3,(H,21,22). The van der Waals surface area contributed by atoms with Crippen molar-refractivity contribution >= 4 is 28.9 Å². The van der Waals surface area contributed by atoms with Crippen LogP contribution in [0.5, 0.6) is 5.75 Å². The van der Waals surface area contributed by atoms with Gasteiger partial charge in [0.05, 0.1) is 11.0 Å². The van der Waals surface area contributed by atoms with Gasteiger partial charge in [-0.2, -0.15) is 0 Å². The third kappa shape index (κ3) is 4.47. The van der Waals surface area contributed by atoms with Gasteiger partial charge in [-0.3, -0.25) is 14.9 Å². The summed E-state index contributed by atoms with van der Waals surface area (Å²) in [5.41, 5.74) is 0.342. The molecule has 3 rings (SSSR count). The van der Waals surface area contributed by atoms with Crippen LogP contribution in [-0.4, -0.2) is 21.0 Å². The van der Waals surface area contributed by atoms with E-state index in [2.05, 4.69) is 10.5 Å². The second-order valence-electron chi connectivity index (χ2n) is 6.16. The van der Waals surface area contributed by atoms with Crippen LogP contribution in [0.2, 0.25) is 5.02 Å². The van der Waals surface area contributed by atoms with Crippen molar-refractivity contribution in [1.29, 1.82) is 0 Å². The molecule has 2 N–H and O–H groups in total. The third-order valence-corrected chi connectivity index (χ3v) is 4.32. The number of nitrogens with zero attached hydrogens (tertiary/aromatic N) is 2. The van der Waals surface area contributed by atoms with Crippen LogP contribution >= 0.6 is 11.6 Å². The summed E-state index contributed by atoms with van der Waals surface area (Å²) >= 11 is 6.07. The maximum atomic E-state index is 12.8. The normalized spacial score (nSPS) is 11.8. The highest BCUT2D eigenvalue weighted by atomic mass is 35.5. The Balaban J connectivity index is 1.89. The Morgan fingerprint density at radius 2 is 2.11 bits per heavy atom. The molecule has 1 atom stereocenters. The van der Waals surface area contributed by atoms with Crippen molar-refractivity contribution in [1.82, 2.24) is 5.16 Å². The summed E-state index contributed by atoms with van der Waals surface area (Å²) in [6, 6.07) is 11.7. The van der Waals surface area contributed by atoms with Crippen molar-refractivity contribution in [2.75, 3.05) is 5.32 Å². The van der Waals surface area contributed by atoms with Gasteiger partial charge in [0.15, 0.2) is 17.4 Å². The lowest BCUT2D eigenvalue weighted by Gasteiger charge is -2.18. The zero-order valence-electron chi connectivity index (χ0n) is 14.8. The second-order valence-corrected chi connectivity index (χ2v) is 6.60. The van der Waals surface area contributed by atoms with E-state index in [1.807, 2.05) is 6.07 Å². The highest BCUT2D eigenvalue weighted by Gasteiger charge is 2.22. The third-order valence-electron chi connectivity index (χ3n) is 4.08. The molecule has 0 aliphatic heterocycles. The Kier molecular flexibility index (Phi) is 5.60. The molecule has 0 spiro atoms. The fourth-order valence-electron chi connectivity index (χ4n) is 2.73. The number of hydrogen-bond donors (Lipinski definition) is 2. The highest BCUT2D eigenvalue weighted by molar-refractivity contribution is 6.30. The van der Waals surface area contributed by atoms with Crippen LogP contribution in [0.15, 0.2) is 53.1 Å². The molecule has 1 unspecified atom stereocenters. The number of halogens is 1. The summed E-state index contributed by atoms with van der Waals surface area (Å²) in [7, 11) is 0. The second kappa shape index (κ2) is 8.10. The quantitative estimate of drug-likeness (QED) is 0.335. The van der Waals surface area contributed by atoms with Crippen LogP contribution in [0.4, 0.5) is 11.5 Å². The maximum Gasteiger partial charge on any atom is 0.311 e. The number of aromatic nitrogens is 1. The number of phenolic OH excluding ortho intramolecular Hbond substituents is 1. The lowest BCUT2D eigenvalue weighted by atomic mass is 9.97. The number of nitro benzene ring substituents is 1. The van der Waals surface area contributed by atoms with E-state index in [0.717, 1.165) is 17.7 Å². The minimum atomic E-state index is -0.739. The van der Waals surface area contributed by atoms with Gasteiger partial charge < -0.3 is 14.9 Å². The molecular formula is C19H16ClN3O5. The van der Waals surface area contributed by atoms with Crippen molar-refractivity contribution in [3.63, 3.8) is 0 Å². The number of aryl methyl sites for hydroxylation is 1. The number of nitrogens with one attached hydrogen (secondary N) is 1. The molecule has 0 saturated heterocycles. The van der Waals surface area contributed by atoms with Gasteiger partial charge in [-0.05, 0) is 36.8 Å². The molecule has 3 aromatic rings. The van der Waals surface area contributed by atoms with Gasteiger partial charge in [0.25, 0.3) is 0 Å². The molecule has 0 aliphatic carbocycles. The van der Waals surface area contributed by atoms with Gasteiger partial charge in [-0.1, -0.05) is 28.9 Å². The fraction of sp³-hybridized carbons (Fsp3) is 0.158. The van der Waals surface area contributed by atoms with Gasteiger partial charge in [0, 0.05) is 29.1 Å². The summed E-state index contributed by atoms with van der Waals surface area (Å²) in [5.74, 6) is 0.213. The Morgan fingerprint density at radius 3 is 2.75 bits per heavy atom. The molecule has 1 aromatic heterocycles. The fourth-order valence-corrected chi connectivity index (χ4v) is 2.93. The van der Waals surface area contributed by atoms with Crippen LogP contribution in [0.1, 0.15) is 34.1 Å². The summed E-state index contributed by atoms with van der Waals surface area (Å²) < 4.78 is 5.04. The number of ketones is 1. The molecule has 0 fully saturated rings. The predicted molar refractivity (Wildman–Crippen MR) is 103 cm³/mol.